The zero-order valence-electron chi connectivity index (χ0n) is 12.2. The van der Waals surface area contributed by atoms with Gasteiger partial charge in [0, 0.05) is 7.11 Å². The van der Waals surface area contributed by atoms with Crippen LogP contribution in [0.4, 0.5) is 0 Å². The number of rotatable bonds is 5. The van der Waals surface area contributed by atoms with E-state index in [0.717, 1.165) is 5.56 Å². The Labute approximate surface area is 131 Å². The number of likely N-dealkylation sites (N-methyl/N-ethyl adjacent to an activating group) is 1. The van der Waals surface area contributed by atoms with Crippen molar-refractivity contribution >= 4 is 23.2 Å². The van der Waals surface area contributed by atoms with E-state index in [1.54, 1.807) is 7.11 Å². The van der Waals surface area contributed by atoms with E-state index in [1.807, 2.05) is 25.2 Å². The van der Waals surface area contributed by atoms with Crippen LogP contribution in [0.5, 0.6) is 0 Å². The second kappa shape index (κ2) is 7.65. The van der Waals surface area contributed by atoms with Crippen LogP contribution in [-0.2, 0) is 4.74 Å². The maximum atomic E-state index is 6.38. The summed E-state index contributed by atoms with van der Waals surface area (Å²) in [6.45, 7) is 0. The molecule has 1 N–H and O–H groups in total. The van der Waals surface area contributed by atoms with Crippen LogP contribution in [0.2, 0.25) is 10.0 Å². The molecule has 1 aromatic rings. The van der Waals surface area contributed by atoms with E-state index in [0.29, 0.717) is 16.0 Å². The first-order chi connectivity index (χ1) is 9.69. The van der Waals surface area contributed by atoms with E-state index in [1.165, 1.54) is 32.1 Å². The van der Waals surface area contributed by atoms with Crippen LogP contribution in [0.25, 0.3) is 0 Å². The molecule has 2 nitrogen and oxygen atoms in total. The fourth-order valence-corrected chi connectivity index (χ4v) is 3.75. The summed E-state index contributed by atoms with van der Waals surface area (Å²) in [6.07, 6.45) is 6.53. The molecule has 0 spiro atoms. The molecule has 1 aromatic carbocycles. The Balaban J connectivity index is 2.26. The molecule has 0 aliphatic heterocycles. The summed E-state index contributed by atoms with van der Waals surface area (Å²) in [5, 5.41) is 4.60. The molecule has 2 rings (SSSR count). The predicted molar refractivity (Wildman–Crippen MR) is 85.6 cm³/mol. The molecule has 2 atom stereocenters. The Morgan fingerprint density at radius 2 is 1.90 bits per heavy atom. The number of methoxy groups -OCH3 is 1. The molecule has 112 valence electrons. The topological polar surface area (TPSA) is 21.3 Å². The van der Waals surface area contributed by atoms with Gasteiger partial charge < -0.3 is 10.1 Å². The zero-order valence-corrected chi connectivity index (χ0v) is 13.7. The van der Waals surface area contributed by atoms with Crippen molar-refractivity contribution in [2.75, 3.05) is 14.2 Å². The SMILES string of the molecule is CNC(c1cccc(Cl)c1Cl)C(OC)C1CCCCC1. The number of halogens is 2. The molecule has 0 saturated heterocycles. The van der Waals surface area contributed by atoms with E-state index < -0.39 is 0 Å². The van der Waals surface area contributed by atoms with Gasteiger partial charge in [-0.25, -0.2) is 0 Å². The van der Waals surface area contributed by atoms with Crippen LogP contribution < -0.4 is 5.32 Å². The van der Waals surface area contributed by atoms with Crippen LogP contribution in [0, 0.1) is 5.92 Å². The fraction of sp³-hybridized carbons (Fsp3) is 0.625. The van der Waals surface area contributed by atoms with E-state index >= 15 is 0 Å². The molecular formula is C16H23Cl2NO. The van der Waals surface area contributed by atoms with Gasteiger partial charge in [0.1, 0.15) is 0 Å². The quantitative estimate of drug-likeness (QED) is 0.838. The monoisotopic (exact) mass is 315 g/mol. The summed E-state index contributed by atoms with van der Waals surface area (Å²) in [5.41, 5.74) is 1.03. The van der Waals surface area contributed by atoms with Crippen LogP contribution in [-0.4, -0.2) is 20.3 Å². The maximum Gasteiger partial charge on any atom is 0.0794 e. The van der Waals surface area contributed by atoms with Crippen LogP contribution >= 0.6 is 23.2 Å². The molecular weight excluding hydrogens is 293 g/mol. The predicted octanol–water partition coefficient (Wildman–Crippen LogP) is 4.85. The van der Waals surface area contributed by atoms with Crippen LogP contribution in [0.3, 0.4) is 0 Å². The minimum Gasteiger partial charge on any atom is -0.379 e. The molecule has 1 saturated carbocycles. The third kappa shape index (κ3) is 3.48. The normalized spacial score (nSPS) is 19.8. The highest BCUT2D eigenvalue weighted by molar-refractivity contribution is 6.42. The number of benzene rings is 1. The molecule has 4 heteroatoms. The van der Waals surface area contributed by atoms with E-state index in [-0.39, 0.29) is 12.1 Å². The summed E-state index contributed by atoms with van der Waals surface area (Å²) in [6, 6.07) is 5.88. The second-order valence-electron chi connectivity index (χ2n) is 5.51. The van der Waals surface area contributed by atoms with E-state index in [4.69, 9.17) is 27.9 Å². The lowest BCUT2D eigenvalue weighted by Crippen LogP contribution is -2.37. The Hall–Kier alpha value is -0.280. The third-order valence-corrected chi connectivity index (χ3v) is 5.18. The summed E-state index contributed by atoms with van der Waals surface area (Å²) < 4.78 is 5.83. The molecule has 1 fully saturated rings. The van der Waals surface area contributed by atoms with Crippen molar-refractivity contribution in [3.05, 3.63) is 33.8 Å². The Morgan fingerprint density at radius 1 is 1.20 bits per heavy atom. The average molecular weight is 316 g/mol. The Morgan fingerprint density at radius 3 is 2.50 bits per heavy atom. The van der Waals surface area contributed by atoms with Crippen molar-refractivity contribution in [1.82, 2.24) is 5.32 Å². The summed E-state index contributed by atoms with van der Waals surface area (Å²) in [4.78, 5) is 0. The van der Waals surface area contributed by atoms with Gasteiger partial charge in [0.25, 0.3) is 0 Å². The average Bonchev–Trinajstić information content (AvgIpc) is 2.49. The molecule has 0 amide bonds. The van der Waals surface area contributed by atoms with Gasteiger partial charge >= 0.3 is 0 Å². The molecule has 0 bridgehead atoms. The Bertz CT molecular complexity index is 432. The van der Waals surface area contributed by atoms with Crippen molar-refractivity contribution < 1.29 is 4.74 Å². The van der Waals surface area contributed by atoms with Gasteiger partial charge in [0.2, 0.25) is 0 Å². The first-order valence-electron chi connectivity index (χ1n) is 7.33. The first kappa shape index (κ1) is 16.1. The summed E-state index contributed by atoms with van der Waals surface area (Å²) >= 11 is 12.5. The lowest BCUT2D eigenvalue weighted by atomic mass is 9.81. The van der Waals surface area contributed by atoms with Gasteiger partial charge in [-0.2, -0.15) is 0 Å². The lowest BCUT2D eigenvalue weighted by Gasteiger charge is -2.35. The molecule has 20 heavy (non-hydrogen) atoms. The maximum absolute atomic E-state index is 6.38. The highest BCUT2D eigenvalue weighted by Gasteiger charge is 2.32. The first-order valence-corrected chi connectivity index (χ1v) is 8.08. The third-order valence-electron chi connectivity index (χ3n) is 4.34. The minimum absolute atomic E-state index is 0.0781. The minimum atomic E-state index is 0.0781. The summed E-state index contributed by atoms with van der Waals surface area (Å²) in [7, 11) is 3.75. The molecule has 0 radical (unpaired) electrons. The highest BCUT2D eigenvalue weighted by Crippen LogP contribution is 2.37. The molecule has 1 aliphatic rings. The van der Waals surface area contributed by atoms with Gasteiger partial charge in [0.15, 0.2) is 0 Å². The molecule has 1 aliphatic carbocycles. The highest BCUT2D eigenvalue weighted by atomic mass is 35.5. The largest absolute Gasteiger partial charge is 0.379 e. The molecule has 2 unspecified atom stereocenters. The van der Waals surface area contributed by atoms with Crippen molar-refractivity contribution in [3.63, 3.8) is 0 Å². The van der Waals surface area contributed by atoms with Crippen molar-refractivity contribution in [2.24, 2.45) is 5.92 Å². The number of nitrogens with one attached hydrogen (secondary N) is 1. The van der Waals surface area contributed by atoms with Crippen LogP contribution in [0.15, 0.2) is 18.2 Å². The van der Waals surface area contributed by atoms with Crippen LogP contribution in [0.1, 0.15) is 43.7 Å². The van der Waals surface area contributed by atoms with Gasteiger partial charge in [-0.05, 0) is 37.4 Å². The van der Waals surface area contributed by atoms with Gasteiger partial charge in [0.05, 0.1) is 22.2 Å². The number of hydrogen-bond donors (Lipinski definition) is 1. The molecule has 0 heterocycles. The second-order valence-corrected chi connectivity index (χ2v) is 6.29. The van der Waals surface area contributed by atoms with Gasteiger partial charge in [-0.1, -0.05) is 54.6 Å². The van der Waals surface area contributed by atoms with Crippen molar-refractivity contribution in [1.29, 1.82) is 0 Å². The number of ether oxygens (including phenoxy) is 1. The summed E-state index contributed by atoms with van der Waals surface area (Å²) in [5.74, 6) is 0.584. The lowest BCUT2D eigenvalue weighted by molar-refractivity contribution is 0.00944. The Kier molecular flexibility index (Phi) is 6.16. The standard InChI is InChI=1S/C16H23Cl2NO/c1-19-15(12-9-6-10-13(17)14(12)18)16(20-2)11-7-4-3-5-8-11/h6,9-11,15-16,19H,3-5,7-8H2,1-2H3. The van der Waals surface area contributed by atoms with Gasteiger partial charge in [-0.15, -0.1) is 0 Å². The number of hydrogen-bond acceptors (Lipinski definition) is 2. The molecule has 0 aromatic heterocycles. The van der Waals surface area contributed by atoms with E-state index in [9.17, 15) is 0 Å². The van der Waals surface area contributed by atoms with Crippen molar-refractivity contribution in [2.45, 2.75) is 44.2 Å². The zero-order chi connectivity index (χ0) is 14.5. The smallest absolute Gasteiger partial charge is 0.0794 e. The van der Waals surface area contributed by atoms with Crippen molar-refractivity contribution in [3.8, 4) is 0 Å². The fourth-order valence-electron chi connectivity index (χ4n) is 3.32. The van der Waals surface area contributed by atoms with Gasteiger partial charge in [-0.3, -0.25) is 0 Å². The van der Waals surface area contributed by atoms with E-state index in [2.05, 4.69) is 5.32 Å².